The average Bonchev–Trinajstić information content (AvgIpc) is 3.49. The number of nitrogens with two attached hydrogens (primary N) is 1. The zero-order valence-corrected chi connectivity index (χ0v) is 17.9. The van der Waals surface area contributed by atoms with Gasteiger partial charge in [0.05, 0.1) is 30.4 Å². The number of hydrogen-bond acceptors (Lipinski definition) is 7. The molecule has 11 heteroatoms. The molecular formula is C23H20F3N7O. The van der Waals surface area contributed by atoms with Crippen molar-refractivity contribution in [2.24, 2.45) is 10.1 Å². The number of halogens is 3. The number of aliphatic imine (C=N–C) groups is 1. The molecule has 0 saturated carbocycles. The zero-order valence-electron chi connectivity index (χ0n) is 17.9. The molecule has 2 aliphatic rings. The zero-order chi connectivity index (χ0) is 23.7. The smallest absolute Gasteiger partial charge is 0.419 e. The van der Waals surface area contributed by atoms with E-state index in [1.807, 2.05) is 36.5 Å². The first kappa shape index (κ1) is 21.7. The number of benzene rings is 1. The van der Waals surface area contributed by atoms with Gasteiger partial charge in [0.2, 0.25) is 0 Å². The number of nitrogen functional groups attached to an aromatic ring is 1. The van der Waals surface area contributed by atoms with Crippen molar-refractivity contribution in [1.82, 2.24) is 19.8 Å². The normalized spacial score (nSPS) is 17.4. The third kappa shape index (κ3) is 4.36. The predicted molar refractivity (Wildman–Crippen MR) is 120 cm³/mol. The average molecular weight is 467 g/mol. The fourth-order valence-corrected chi connectivity index (χ4v) is 3.76. The Bertz CT molecular complexity index is 1260. The molecule has 3 aromatic rings. The van der Waals surface area contributed by atoms with Gasteiger partial charge in [-0.25, -0.2) is 9.99 Å². The molecule has 0 aliphatic carbocycles. The van der Waals surface area contributed by atoms with Gasteiger partial charge in [-0.05, 0) is 42.0 Å². The molecule has 0 amide bonds. The number of anilines is 1. The fourth-order valence-electron chi connectivity index (χ4n) is 3.76. The topological polar surface area (TPSA) is 93.9 Å². The second-order valence-corrected chi connectivity index (χ2v) is 7.72. The number of aromatic nitrogens is 3. The second-order valence-electron chi connectivity index (χ2n) is 7.72. The summed E-state index contributed by atoms with van der Waals surface area (Å²) in [5.74, 6) is 0.808. The summed E-state index contributed by atoms with van der Waals surface area (Å²) in [5.41, 5.74) is 5.97. The monoisotopic (exact) mass is 467 g/mol. The minimum Gasteiger partial charge on any atom is -0.492 e. The summed E-state index contributed by atoms with van der Waals surface area (Å²) in [4.78, 5) is 8.22. The summed E-state index contributed by atoms with van der Waals surface area (Å²) < 4.78 is 47.3. The van der Waals surface area contributed by atoms with Gasteiger partial charge in [0.15, 0.2) is 0 Å². The lowest BCUT2D eigenvalue weighted by atomic mass is 10.1. The van der Waals surface area contributed by atoms with Crippen molar-refractivity contribution in [2.45, 2.75) is 18.8 Å². The molecule has 34 heavy (non-hydrogen) atoms. The Hall–Kier alpha value is -4.15. The number of amidine groups is 1. The van der Waals surface area contributed by atoms with Crippen molar-refractivity contribution in [3.63, 3.8) is 0 Å². The molecule has 0 radical (unpaired) electrons. The lowest BCUT2D eigenvalue weighted by Crippen LogP contribution is -2.29. The van der Waals surface area contributed by atoms with Crippen LogP contribution in [-0.2, 0) is 12.7 Å². The summed E-state index contributed by atoms with van der Waals surface area (Å²) >= 11 is 0. The van der Waals surface area contributed by atoms with Gasteiger partial charge in [-0.1, -0.05) is 12.1 Å². The van der Waals surface area contributed by atoms with E-state index in [1.165, 1.54) is 6.20 Å². The first-order valence-electron chi connectivity index (χ1n) is 10.5. The van der Waals surface area contributed by atoms with Crippen molar-refractivity contribution >= 4 is 17.4 Å². The Labute approximate surface area is 192 Å². The van der Waals surface area contributed by atoms with Crippen LogP contribution in [0, 0.1) is 0 Å². The number of pyridine rings is 1. The molecule has 4 heterocycles. The molecule has 0 bridgehead atoms. The van der Waals surface area contributed by atoms with Gasteiger partial charge in [-0.3, -0.25) is 9.67 Å². The predicted octanol–water partition coefficient (Wildman–Crippen LogP) is 3.69. The fraction of sp³-hybridized carbons (Fsp3) is 0.217. The maximum absolute atomic E-state index is 13.3. The Balaban J connectivity index is 1.31. The maximum Gasteiger partial charge on any atom is 0.419 e. The van der Waals surface area contributed by atoms with E-state index in [9.17, 15) is 13.2 Å². The molecule has 2 aliphatic heterocycles. The lowest BCUT2D eigenvalue weighted by molar-refractivity contribution is -0.137. The number of hydrogen-bond donors (Lipinski definition) is 1. The van der Waals surface area contributed by atoms with E-state index in [2.05, 4.69) is 20.2 Å². The Morgan fingerprint density at radius 3 is 2.71 bits per heavy atom. The van der Waals surface area contributed by atoms with Crippen LogP contribution >= 0.6 is 0 Å². The van der Waals surface area contributed by atoms with Gasteiger partial charge in [-0.15, -0.1) is 0 Å². The maximum atomic E-state index is 13.3. The third-order valence-corrected chi connectivity index (χ3v) is 5.49. The number of allylic oxidation sites excluding steroid dienone is 1. The van der Waals surface area contributed by atoms with Crippen LogP contribution in [0.3, 0.4) is 0 Å². The minimum absolute atomic E-state index is 0.183. The number of ether oxygens (including phenoxy) is 1. The largest absolute Gasteiger partial charge is 0.492 e. The van der Waals surface area contributed by atoms with Gasteiger partial charge in [-0.2, -0.15) is 23.4 Å². The molecule has 8 nitrogen and oxygen atoms in total. The first-order chi connectivity index (χ1) is 16.4. The number of nitrogens with zero attached hydrogens (tertiary/aromatic N) is 6. The Morgan fingerprint density at radius 2 is 1.97 bits per heavy atom. The number of rotatable bonds is 6. The van der Waals surface area contributed by atoms with Crippen LogP contribution in [0.15, 0.2) is 77.2 Å². The van der Waals surface area contributed by atoms with Crippen molar-refractivity contribution < 1.29 is 17.9 Å². The van der Waals surface area contributed by atoms with Crippen LogP contribution in [0.4, 0.5) is 19.0 Å². The molecular weight excluding hydrogens is 447 g/mol. The van der Waals surface area contributed by atoms with Crippen molar-refractivity contribution in [2.75, 3.05) is 18.9 Å². The summed E-state index contributed by atoms with van der Waals surface area (Å²) in [6.45, 7) is 1.60. The number of alkyl halides is 3. The summed E-state index contributed by atoms with van der Waals surface area (Å²) in [6.07, 6.45) is 3.64. The van der Waals surface area contributed by atoms with Crippen LogP contribution in [0.2, 0.25) is 0 Å². The van der Waals surface area contributed by atoms with Crippen LogP contribution in [0.5, 0.6) is 5.75 Å². The Morgan fingerprint density at radius 1 is 1.15 bits per heavy atom. The molecule has 2 aromatic heterocycles. The minimum atomic E-state index is -4.60. The van der Waals surface area contributed by atoms with E-state index in [0.29, 0.717) is 31.2 Å². The van der Waals surface area contributed by atoms with Gasteiger partial charge < -0.3 is 10.5 Å². The highest BCUT2D eigenvalue weighted by molar-refractivity contribution is 6.14. The molecule has 1 unspecified atom stereocenters. The molecule has 1 atom stereocenters. The van der Waals surface area contributed by atoms with Crippen LogP contribution < -0.4 is 10.5 Å². The lowest BCUT2D eigenvalue weighted by Gasteiger charge is -2.25. The molecule has 2 N–H and O–H groups in total. The molecule has 1 aromatic carbocycles. The SMILES string of the molecule is Nc1ncc(C2=NN3C(=NCC3c3ccc(OCCn4cccn4)cc3)C=C2)cc1C(F)(F)F. The number of hydrazone groups is 1. The van der Waals surface area contributed by atoms with Gasteiger partial charge >= 0.3 is 6.18 Å². The van der Waals surface area contributed by atoms with E-state index < -0.39 is 17.6 Å². The van der Waals surface area contributed by atoms with Crippen LogP contribution in [0.25, 0.3) is 0 Å². The van der Waals surface area contributed by atoms with E-state index in [-0.39, 0.29) is 11.6 Å². The van der Waals surface area contributed by atoms with Crippen molar-refractivity contribution in [1.29, 1.82) is 0 Å². The standard InChI is InChI=1S/C23H20F3N7O/c24-23(25,26)18-12-16(13-29-22(18)27)19-6-7-21-28-14-20(33(21)31-19)15-2-4-17(5-3-15)34-11-10-32-9-1-8-30-32/h1-9,12-13,20H,10-11,14H2,(H2,27,29). The highest BCUT2D eigenvalue weighted by Crippen LogP contribution is 2.34. The second kappa shape index (κ2) is 8.65. The van der Waals surface area contributed by atoms with Gasteiger partial charge in [0, 0.05) is 24.2 Å². The van der Waals surface area contributed by atoms with Crippen molar-refractivity contribution in [3.05, 3.63) is 83.8 Å². The highest BCUT2D eigenvalue weighted by atomic mass is 19.4. The van der Waals surface area contributed by atoms with E-state index in [0.717, 1.165) is 17.4 Å². The number of fused-ring (bicyclic) bond motifs is 1. The van der Waals surface area contributed by atoms with Crippen LogP contribution in [0.1, 0.15) is 22.7 Å². The quantitative estimate of drug-likeness (QED) is 0.597. The van der Waals surface area contributed by atoms with Crippen LogP contribution in [-0.4, -0.2) is 44.5 Å². The third-order valence-electron chi connectivity index (χ3n) is 5.49. The molecule has 5 rings (SSSR count). The highest BCUT2D eigenvalue weighted by Gasteiger charge is 2.35. The van der Waals surface area contributed by atoms with E-state index in [1.54, 1.807) is 28.0 Å². The van der Waals surface area contributed by atoms with Crippen molar-refractivity contribution in [3.8, 4) is 5.75 Å². The molecule has 0 saturated heterocycles. The van der Waals surface area contributed by atoms with E-state index >= 15 is 0 Å². The van der Waals surface area contributed by atoms with Gasteiger partial charge in [0.25, 0.3) is 0 Å². The molecule has 174 valence electrons. The molecule has 0 spiro atoms. The first-order valence-corrected chi connectivity index (χ1v) is 10.5. The summed E-state index contributed by atoms with van der Waals surface area (Å²) in [7, 11) is 0. The van der Waals surface area contributed by atoms with E-state index in [4.69, 9.17) is 10.5 Å². The Kier molecular flexibility index (Phi) is 5.52. The summed E-state index contributed by atoms with van der Waals surface area (Å²) in [5, 5.41) is 10.4. The summed E-state index contributed by atoms with van der Waals surface area (Å²) in [6, 6.07) is 10.3. The van der Waals surface area contributed by atoms with Gasteiger partial charge in [0.1, 0.15) is 24.0 Å². The molecule has 0 fully saturated rings.